The number of amides is 3. The number of hydrogen-bond donors (Lipinski definition) is 2. The second kappa shape index (κ2) is 11.1. The van der Waals surface area contributed by atoms with E-state index < -0.39 is 35.0 Å². The van der Waals surface area contributed by atoms with Crippen molar-refractivity contribution in [3.63, 3.8) is 0 Å². The Morgan fingerprint density at radius 1 is 1.12 bits per heavy atom. The van der Waals surface area contributed by atoms with Crippen molar-refractivity contribution in [3.05, 3.63) is 64.9 Å². The number of H-pyrrole nitrogens is 1. The number of hydrogen-bond acceptors (Lipinski definition) is 4. The van der Waals surface area contributed by atoms with Gasteiger partial charge < -0.3 is 20.1 Å². The Kier molecular flexibility index (Phi) is 7.45. The highest BCUT2D eigenvalue weighted by Crippen LogP contribution is 2.47. The van der Waals surface area contributed by atoms with Gasteiger partial charge in [0.1, 0.15) is 29.4 Å². The summed E-state index contributed by atoms with van der Waals surface area (Å²) in [6.07, 6.45) is 4.67. The first kappa shape index (κ1) is 28.8. The van der Waals surface area contributed by atoms with Crippen LogP contribution in [-0.2, 0) is 21.4 Å². The number of fused-ring (bicyclic) bond motifs is 3. The van der Waals surface area contributed by atoms with Crippen LogP contribution in [0.15, 0.2) is 36.4 Å². The van der Waals surface area contributed by atoms with Crippen molar-refractivity contribution < 1.29 is 23.2 Å². The van der Waals surface area contributed by atoms with E-state index in [4.69, 9.17) is 0 Å². The van der Waals surface area contributed by atoms with E-state index in [2.05, 4.69) is 22.4 Å². The molecule has 6 rings (SSSR count). The van der Waals surface area contributed by atoms with E-state index in [1.54, 1.807) is 0 Å². The van der Waals surface area contributed by atoms with Gasteiger partial charge in [-0.15, -0.1) is 0 Å². The minimum atomic E-state index is -1.04. The molecule has 3 aliphatic rings. The molecule has 0 radical (unpaired) electrons. The van der Waals surface area contributed by atoms with Crippen molar-refractivity contribution in [2.45, 2.75) is 76.3 Å². The lowest BCUT2D eigenvalue weighted by atomic mass is 9.79. The van der Waals surface area contributed by atoms with Crippen molar-refractivity contribution in [1.82, 2.24) is 14.8 Å². The highest BCUT2D eigenvalue weighted by molar-refractivity contribution is 6.07. The van der Waals surface area contributed by atoms with Crippen LogP contribution in [0.1, 0.15) is 74.0 Å². The maximum atomic E-state index is 14.5. The molecule has 4 heterocycles. The number of aromatic nitrogens is 1. The van der Waals surface area contributed by atoms with Gasteiger partial charge in [0, 0.05) is 36.7 Å². The van der Waals surface area contributed by atoms with E-state index in [-0.39, 0.29) is 53.8 Å². The zero-order valence-electron chi connectivity index (χ0n) is 24.4. The van der Waals surface area contributed by atoms with Gasteiger partial charge in [-0.25, -0.2) is 8.78 Å². The lowest BCUT2D eigenvalue weighted by molar-refractivity contribution is -0.137. The van der Waals surface area contributed by atoms with Gasteiger partial charge in [0.2, 0.25) is 11.8 Å². The number of nitriles is 1. The van der Waals surface area contributed by atoms with E-state index in [9.17, 15) is 28.4 Å². The minimum Gasteiger partial charge on any atom is -0.350 e. The van der Waals surface area contributed by atoms with Crippen LogP contribution in [0, 0.1) is 28.9 Å². The molecule has 2 aromatic carbocycles. The number of carbonyl (C=O) groups excluding carboxylic acids is 3. The molecular formula is C33H35F2N5O3. The Hall–Kier alpha value is -4.26. The summed E-state index contributed by atoms with van der Waals surface area (Å²) < 4.78 is 28.5. The molecular weight excluding hydrogens is 552 g/mol. The van der Waals surface area contributed by atoms with Crippen LogP contribution in [0.4, 0.5) is 14.5 Å². The van der Waals surface area contributed by atoms with Gasteiger partial charge in [0.15, 0.2) is 0 Å². The molecule has 10 heteroatoms. The molecule has 1 saturated heterocycles. The Labute approximate surface area is 249 Å². The minimum absolute atomic E-state index is 0.0238. The van der Waals surface area contributed by atoms with Gasteiger partial charge in [0.05, 0.1) is 17.0 Å². The topological polar surface area (TPSA) is 109 Å². The number of rotatable bonds is 3. The molecule has 1 fully saturated rings. The van der Waals surface area contributed by atoms with E-state index >= 15 is 0 Å². The lowest BCUT2D eigenvalue weighted by Crippen LogP contribution is -2.53. The first-order chi connectivity index (χ1) is 20.6. The molecule has 0 aliphatic carbocycles. The van der Waals surface area contributed by atoms with E-state index in [1.165, 1.54) is 15.9 Å². The first-order valence-electron chi connectivity index (χ1n) is 15.0. The van der Waals surface area contributed by atoms with E-state index in [0.29, 0.717) is 18.5 Å². The molecule has 1 spiro atoms. The highest BCUT2D eigenvalue weighted by Gasteiger charge is 2.57. The second-order valence-electron chi connectivity index (χ2n) is 12.6. The number of halogens is 2. The maximum Gasteiger partial charge on any atom is 0.270 e. The zero-order chi connectivity index (χ0) is 30.5. The number of carbonyl (C=O) groups is 3. The van der Waals surface area contributed by atoms with Gasteiger partial charge in [-0.3, -0.25) is 14.4 Å². The third kappa shape index (κ3) is 5.05. The predicted octanol–water partition coefficient (Wildman–Crippen LogP) is 5.43. The molecule has 8 nitrogen and oxygen atoms in total. The van der Waals surface area contributed by atoms with E-state index in [1.807, 2.05) is 26.0 Å². The zero-order valence-corrected chi connectivity index (χ0v) is 24.4. The van der Waals surface area contributed by atoms with Crippen LogP contribution < -0.4 is 5.32 Å². The summed E-state index contributed by atoms with van der Waals surface area (Å²) in [4.78, 5) is 48.0. The van der Waals surface area contributed by atoms with Gasteiger partial charge in [-0.1, -0.05) is 38.8 Å². The standard InChI is InChI=1S/C33H35F2N5O3/c1-19(2)11-29-31(42)40-18-33(16-22(40)17-36)24-12-20(8-9-26(24)38-32(33)43)7-5-3-4-6-10-39(29)30(41)28-15-23-25(35)13-21(34)14-27(23)37-28/h8-9,12-15,19,22,29,37H,3-7,10-11,16,18H2,1-2H3,(H,38,43)/t22-,29-,33-/m0/s1. The summed E-state index contributed by atoms with van der Waals surface area (Å²) in [6, 6.07) is 9.74. The molecule has 2 N–H and O–H groups in total. The van der Waals surface area contributed by atoms with E-state index in [0.717, 1.165) is 48.9 Å². The van der Waals surface area contributed by atoms with Crippen molar-refractivity contribution in [2.75, 3.05) is 18.4 Å². The van der Waals surface area contributed by atoms with Crippen LogP contribution in [0.5, 0.6) is 0 Å². The molecule has 43 heavy (non-hydrogen) atoms. The number of benzene rings is 2. The van der Waals surface area contributed by atoms with Crippen LogP contribution >= 0.6 is 0 Å². The number of anilines is 1. The summed E-state index contributed by atoms with van der Waals surface area (Å²) in [7, 11) is 0. The molecule has 3 aromatic rings. The normalized spacial score (nSPS) is 24.2. The smallest absolute Gasteiger partial charge is 0.270 e. The number of nitrogens with one attached hydrogen (secondary N) is 2. The average Bonchev–Trinajstić information content (AvgIpc) is 3.65. The van der Waals surface area contributed by atoms with Gasteiger partial charge in [-0.05, 0) is 60.9 Å². The Morgan fingerprint density at radius 3 is 2.67 bits per heavy atom. The summed E-state index contributed by atoms with van der Waals surface area (Å²) in [5.41, 5.74) is 1.81. The van der Waals surface area contributed by atoms with Crippen molar-refractivity contribution in [3.8, 4) is 6.07 Å². The fourth-order valence-electron chi connectivity index (χ4n) is 7.02. The average molecular weight is 588 g/mol. The number of nitrogens with zero attached hydrogens (tertiary/aromatic N) is 3. The Bertz CT molecular complexity index is 1660. The van der Waals surface area contributed by atoms with Crippen LogP contribution in [-0.4, -0.2) is 57.7 Å². The first-order valence-corrected chi connectivity index (χ1v) is 15.0. The number of aromatic amines is 1. The molecule has 3 amide bonds. The lowest BCUT2D eigenvalue weighted by Gasteiger charge is -2.35. The summed E-state index contributed by atoms with van der Waals surface area (Å²) in [6.45, 7) is 4.24. The van der Waals surface area contributed by atoms with Crippen LogP contribution in [0.3, 0.4) is 0 Å². The van der Waals surface area contributed by atoms with Crippen LogP contribution in [0.25, 0.3) is 10.9 Å². The van der Waals surface area contributed by atoms with Crippen LogP contribution in [0.2, 0.25) is 0 Å². The molecule has 3 atom stereocenters. The van der Waals surface area contributed by atoms with Crippen molar-refractivity contribution in [1.29, 1.82) is 5.26 Å². The Morgan fingerprint density at radius 2 is 1.91 bits per heavy atom. The third-order valence-corrected chi connectivity index (χ3v) is 9.19. The second-order valence-corrected chi connectivity index (χ2v) is 12.6. The third-order valence-electron chi connectivity index (χ3n) is 9.19. The quantitative estimate of drug-likeness (QED) is 0.426. The summed E-state index contributed by atoms with van der Waals surface area (Å²) in [5.74, 6) is -2.62. The van der Waals surface area contributed by atoms with Gasteiger partial charge in [-0.2, -0.15) is 5.26 Å². The molecule has 0 saturated carbocycles. The fourth-order valence-corrected chi connectivity index (χ4v) is 7.02. The van der Waals surface area contributed by atoms with Crippen molar-refractivity contribution >= 4 is 34.3 Å². The molecule has 3 aliphatic heterocycles. The highest BCUT2D eigenvalue weighted by atomic mass is 19.1. The molecule has 0 unspecified atom stereocenters. The monoisotopic (exact) mass is 587 g/mol. The number of aryl methyl sites for hydroxylation is 1. The van der Waals surface area contributed by atoms with Gasteiger partial charge >= 0.3 is 0 Å². The molecule has 224 valence electrons. The largest absolute Gasteiger partial charge is 0.350 e. The predicted molar refractivity (Wildman–Crippen MR) is 157 cm³/mol. The SMILES string of the molecule is CC(C)C[C@H]1C(=O)N2C[C@]3(C[C@H]2C#N)C(=O)Nc2ccc(cc23)CCCCCCN1C(=O)c1cc2c(F)cc(F)cc2[nH]1. The Balaban J connectivity index is 1.42. The molecule has 4 bridgehead atoms. The maximum absolute atomic E-state index is 14.5. The van der Waals surface area contributed by atoms with Crippen molar-refractivity contribution in [2.24, 2.45) is 5.92 Å². The fraction of sp³-hybridized carbons (Fsp3) is 0.455. The van der Waals surface area contributed by atoms with Gasteiger partial charge in [0.25, 0.3) is 5.91 Å². The molecule has 1 aromatic heterocycles. The summed E-state index contributed by atoms with van der Waals surface area (Å²) >= 11 is 0. The summed E-state index contributed by atoms with van der Waals surface area (Å²) in [5, 5.41) is 13.3.